The zero-order chi connectivity index (χ0) is 15.4. The molecule has 1 atom stereocenters. The number of carbonyl (C=O) groups is 1. The van der Waals surface area contributed by atoms with Crippen molar-refractivity contribution in [2.75, 3.05) is 18.8 Å². The van der Waals surface area contributed by atoms with E-state index in [0.717, 1.165) is 5.39 Å². The summed E-state index contributed by atoms with van der Waals surface area (Å²) in [5.41, 5.74) is 7.20. The lowest BCUT2D eigenvalue weighted by atomic mass is 10.1. The van der Waals surface area contributed by atoms with Crippen molar-refractivity contribution in [3.8, 4) is 5.75 Å². The van der Waals surface area contributed by atoms with Gasteiger partial charge in [-0.05, 0) is 45.0 Å². The van der Waals surface area contributed by atoms with E-state index in [0.29, 0.717) is 30.0 Å². The molecule has 1 aromatic heterocycles. The van der Waals surface area contributed by atoms with Crippen LogP contribution in [0.2, 0.25) is 0 Å². The van der Waals surface area contributed by atoms with E-state index >= 15 is 0 Å². The number of benzene rings is 1. The second-order valence-corrected chi connectivity index (χ2v) is 4.82. The van der Waals surface area contributed by atoms with Crippen molar-refractivity contribution in [1.29, 1.82) is 0 Å². The van der Waals surface area contributed by atoms with E-state index < -0.39 is 6.10 Å². The third-order valence-corrected chi connectivity index (χ3v) is 3.49. The Labute approximate surface area is 124 Å². The number of hydrogen-bond acceptors (Lipinski definition) is 4. The molecule has 2 N–H and O–H groups in total. The maximum Gasteiger partial charge on any atom is 0.263 e. The van der Waals surface area contributed by atoms with Crippen molar-refractivity contribution >= 4 is 22.5 Å². The number of ether oxygens (including phenoxy) is 1. The monoisotopic (exact) mass is 287 g/mol. The normalized spacial score (nSPS) is 12.1. The average molecular weight is 287 g/mol. The van der Waals surface area contributed by atoms with E-state index in [1.165, 1.54) is 0 Å². The van der Waals surface area contributed by atoms with Gasteiger partial charge in [0.1, 0.15) is 5.75 Å². The van der Waals surface area contributed by atoms with E-state index in [9.17, 15) is 4.79 Å². The molecule has 5 nitrogen and oxygen atoms in total. The van der Waals surface area contributed by atoms with Crippen LogP contribution in [0, 0.1) is 0 Å². The Bertz CT molecular complexity index is 638. The number of anilines is 1. The van der Waals surface area contributed by atoms with Crippen LogP contribution in [-0.2, 0) is 4.79 Å². The van der Waals surface area contributed by atoms with Crippen molar-refractivity contribution in [3.63, 3.8) is 0 Å². The van der Waals surface area contributed by atoms with E-state index in [1.54, 1.807) is 30.2 Å². The summed E-state index contributed by atoms with van der Waals surface area (Å²) in [4.78, 5) is 18.3. The SMILES string of the molecule is CCN(CC)C(=O)C(C)Oc1ccc(N)c2ncccc12. The number of fused-ring (bicyclic) bond motifs is 1. The van der Waals surface area contributed by atoms with Gasteiger partial charge >= 0.3 is 0 Å². The second-order valence-electron chi connectivity index (χ2n) is 4.82. The maximum absolute atomic E-state index is 12.3. The summed E-state index contributed by atoms with van der Waals surface area (Å²) in [7, 11) is 0. The number of nitrogen functional groups attached to an aromatic ring is 1. The van der Waals surface area contributed by atoms with Gasteiger partial charge in [0.05, 0.1) is 11.2 Å². The second kappa shape index (κ2) is 6.43. The summed E-state index contributed by atoms with van der Waals surface area (Å²) in [5.74, 6) is 0.606. The Hall–Kier alpha value is -2.30. The minimum Gasteiger partial charge on any atom is -0.480 e. The molecular formula is C16H21N3O2. The topological polar surface area (TPSA) is 68.5 Å². The van der Waals surface area contributed by atoms with Gasteiger partial charge in [0, 0.05) is 24.7 Å². The van der Waals surface area contributed by atoms with E-state index in [2.05, 4.69) is 4.98 Å². The third-order valence-electron chi connectivity index (χ3n) is 3.49. The molecule has 0 saturated carbocycles. The van der Waals surface area contributed by atoms with Crippen molar-refractivity contribution in [3.05, 3.63) is 30.5 Å². The first-order valence-corrected chi connectivity index (χ1v) is 7.17. The first-order valence-electron chi connectivity index (χ1n) is 7.17. The third kappa shape index (κ3) is 3.07. The standard InChI is InChI=1S/C16H21N3O2/c1-4-19(5-2)16(20)11(3)21-14-9-8-13(17)15-12(14)7-6-10-18-15/h6-11H,4-5,17H2,1-3H3. The van der Waals surface area contributed by atoms with Gasteiger partial charge in [-0.25, -0.2) is 0 Å². The Morgan fingerprint density at radius 3 is 2.71 bits per heavy atom. The molecule has 0 aliphatic carbocycles. The summed E-state index contributed by atoms with van der Waals surface area (Å²) in [6.45, 7) is 7.02. The Balaban J connectivity index is 2.28. The lowest BCUT2D eigenvalue weighted by Gasteiger charge is -2.23. The maximum atomic E-state index is 12.3. The first-order chi connectivity index (χ1) is 10.1. The average Bonchev–Trinajstić information content (AvgIpc) is 2.51. The number of hydrogen-bond donors (Lipinski definition) is 1. The van der Waals surface area contributed by atoms with Crippen LogP contribution < -0.4 is 10.5 Å². The predicted molar refractivity (Wildman–Crippen MR) is 84.2 cm³/mol. The fraction of sp³-hybridized carbons (Fsp3) is 0.375. The molecule has 0 saturated heterocycles. The van der Waals surface area contributed by atoms with Crippen LogP contribution in [0.15, 0.2) is 30.5 Å². The Kier molecular flexibility index (Phi) is 4.62. The molecule has 112 valence electrons. The van der Waals surface area contributed by atoms with Gasteiger partial charge in [0.2, 0.25) is 0 Å². The van der Waals surface area contributed by atoms with E-state index in [-0.39, 0.29) is 5.91 Å². The molecular weight excluding hydrogens is 266 g/mol. The fourth-order valence-corrected chi connectivity index (χ4v) is 2.30. The highest BCUT2D eigenvalue weighted by atomic mass is 16.5. The molecule has 0 aliphatic heterocycles. The molecule has 0 radical (unpaired) electrons. The highest BCUT2D eigenvalue weighted by Gasteiger charge is 2.20. The fourth-order valence-electron chi connectivity index (χ4n) is 2.30. The van der Waals surface area contributed by atoms with Crippen LogP contribution in [0.3, 0.4) is 0 Å². The molecule has 1 unspecified atom stereocenters. The lowest BCUT2D eigenvalue weighted by Crippen LogP contribution is -2.40. The molecule has 0 aliphatic rings. The van der Waals surface area contributed by atoms with Crippen LogP contribution in [0.1, 0.15) is 20.8 Å². The minimum absolute atomic E-state index is 0.0196. The van der Waals surface area contributed by atoms with Gasteiger partial charge < -0.3 is 15.4 Å². The summed E-state index contributed by atoms with van der Waals surface area (Å²) >= 11 is 0. The van der Waals surface area contributed by atoms with Crippen LogP contribution in [0.5, 0.6) is 5.75 Å². The molecule has 1 amide bonds. The number of nitrogens with zero attached hydrogens (tertiary/aromatic N) is 2. The van der Waals surface area contributed by atoms with Gasteiger partial charge in [-0.3, -0.25) is 9.78 Å². The smallest absolute Gasteiger partial charge is 0.263 e. The number of amides is 1. The van der Waals surface area contributed by atoms with Crippen LogP contribution >= 0.6 is 0 Å². The number of likely N-dealkylation sites (N-methyl/N-ethyl adjacent to an activating group) is 1. The molecule has 5 heteroatoms. The van der Waals surface area contributed by atoms with Crippen molar-refractivity contribution in [1.82, 2.24) is 9.88 Å². The zero-order valence-electron chi connectivity index (χ0n) is 12.7. The molecule has 0 bridgehead atoms. The lowest BCUT2D eigenvalue weighted by molar-refractivity contribution is -0.137. The van der Waals surface area contributed by atoms with Crippen LogP contribution in [0.4, 0.5) is 5.69 Å². The molecule has 1 aromatic carbocycles. The molecule has 0 fully saturated rings. The number of aromatic nitrogens is 1. The number of rotatable bonds is 5. The van der Waals surface area contributed by atoms with Crippen molar-refractivity contribution in [2.45, 2.75) is 26.9 Å². The highest BCUT2D eigenvalue weighted by molar-refractivity contribution is 5.94. The van der Waals surface area contributed by atoms with Gasteiger partial charge in [0.15, 0.2) is 6.10 Å². The minimum atomic E-state index is -0.545. The number of pyridine rings is 1. The van der Waals surface area contributed by atoms with Gasteiger partial charge in [-0.2, -0.15) is 0 Å². The van der Waals surface area contributed by atoms with Crippen molar-refractivity contribution < 1.29 is 9.53 Å². The van der Waals surface area contributed by atoms with Gasteiger partial charge in [-0.1, -0.05) is 0 Å². The largest absolute Gasteiger partial charge is 0.480 e. The molecule has 2 rings (SSSR count). The number of carbonyl (C=O) groups excluding carboxylic acids is 1. The van der Waals surface area contributed by atoms with Crippen LogP contribution in [-0.4, -0.2) is 35.0 Å². The summed E-state index contributed by atoms with van der Waals surface area (Å²) in [6.07, 6.45) is 1.14. The van der Waals surface area contributed by atoms with E-state index in [4.69, 9.17) is 10.5 Å². The summed E-state index contributed by atoms with van der Waals surface area (Å²) in [5, 5.41) is 0.816. The zero-order valence-corrected chi connectivity index (χ0v) is 12.7. The van der Waals surface area contributed by atoms with Gasteiger partial charge in [-0.15, -0.1) is 0 Å². The quantitative estimate of drug-likeness (QED) is 0.858. The number of nitrogens with two attached hydrogens (primary N) is 1. The van der Waals surface area contributed by atoms with Crippen molar-refractivity contribution in [2.24, 2.45) is 0 Å². The Morgan fingerprint density at radius 1 is 1.33 bits per heavy atom. The predicted octanol–water partition coefficient (Wildman–Crippen LogP) is 2.45. The van der Waals surface area contributed by atoms with E-state index in [1.807, 2.05) is 26.0 Å². The molecule has 0 spiro atoms. The first kappa shape index (κ1) is 15.1. The molecule has 21 heavy (non-hydrogen) atoms. The Morgan fingerprint density at radius 2 is 2.05 bits per heavy atom. The molecule has 1 heterocycles. The summed E-state index contributed by atoms with van der Waals surface area (Å²) in [6, 6.07) is 7.25. The van der Waals surface area contributed by atoms with Crippen LogP contribution in [0.25, 0.3) is 10.9 Å². The summed E-state index contributed by atoms with van der Waals surface area (Å²) < 4.78 is 5.84. The van der Waals surface area contributed by atoms with Gasteiger partial charge in [0.25, 0.3) is 5.91 Å². The highest BCUT2D eigenvalue weighted by Crippen LogP contribution is 2.29. The molecule has 2 aromatic rings.